The summed E-state index contributed by atoms with van der Waals surface area (Å²) in [6.07, 6.45) is -0.607. The topological polar surface area (TPSA) is 62.1 Å². The predicted molar refractivity (Wildman–Crippen MR) is 91.3 cm³/mol. The molecule has 0 aliphatic carbocycles. The Morgan fingerprint density at radius 3 is 2.43 bits per heavy atom. The third kappa shape index (κ3) is 4.57. The van der Waals surface area contributed by atoms with Crippen molar-refractivity contribution in [2.75, 3.05) is 0 Å². The molecule has 0 saturated carbocycles. The summed E-state index contributed by atoms with van der Waals surface area (Å²) in [6.45, 7) is 5.88. The minimum absolute atomic E-state index is 0.0190. The Hall–Kier alpha value is -2.32. The van der Waals surface area contributed by atoms with Crippen LogP contribution in [0.3, 0.4) is 0 Å². The Morgan fingerprint density at radius 1 is 1.22 bits per heavy atom. The van der Waals surface area contributed by atoms with E-state index in [0.29, 0.717) is 17.2 Å². The maximum Gasteiger partial charge on any atom is 0.261 e. The molecule has 4 nitrogen and oxygen atoms in total. The molecule has 0 aliphatic rings. The largest absolute Gasteiger partial charge is 0.481 e. The van der Waals surface area contributed by atoms with Crippen molar-refractivity contribution in [3.05, 3.63) is 52.2 Å². The molecule has 0 saturated heterocycles. The number of hydrogen-bond acceptors (Lipinski definition) is 4. The maximum atomic E-state index is 12.4. The monoisotopic (exact) mass is 328 g/mol. The van der Waals surface area contributed by atoms with Crippen molar-refractivity contribution in [2.24, 2.45) is 5.92 Å². The summed E-state index contributed by atoms with van der Waals surface area (Å²) in [7, 11) is 0. The quantitative estimate of drug-likeness (QED) is 0.875. The van der Waals surface area contributed by atoms with Gasteiger partial charge in [-0.25, -0.2) is 0 Å². The molecule has 0 aliphatic heterocycles. The number of nitriles is 1. The van der Waals surface area contributed by atoms with E-state index in [1.54, 1.807) is 42.5 Å². The van der Waals surface area contributed by atoms with Crippen LogP contribution in [0.4, 0.5) is 0 Å². The van der Waals surface area contributed by atoms with Crippen molar-refractivity contribution in [1.29, 1.82) is 5.26 Å². The van der Waals surface area contributed by atoms with Gasteiger partial charge in [-0.3, -0.25) is 4.79 Å². The molecule has 1 aromatic heterocycles. The Morgan fingerprint density at radius 2 is 1.91 bits per heavy atom. The number of carbonyl (C=O) groups is 1. The van der Waals surface area contributed by atoms with Crippen LogP contribution in [0.1, 0.15) is 37.3 Å². The normalized spacial score (nSPS) is 13.2. The first-order valence-electron chi connectivity index (χ1n) is 7.52. The zero-order valence-electron chi connectivity index (χ0n) is 13.4. The molecule has 2 aromatic rings. The lowest BCUT2D eigenvalue weighted by Gasteiger charge is -2.23. The van der Waals surface area contributed by atoms with E-state index in [4.69, 9.17) is 10.00 Å². The van der Waals surface area contributed by atoms with E-state index in [9.17, 15) is 4.79 Å². The second-order valence-electron chi connectivity index (χ2n) is 5.64. The summed E-state index contributed by atoms with van der Waals surface area (Å²) in [5, 5.41) is 13.8. The first-order chi connectivity index (χ1) is 11.0. The van der Waals surface area contributed by atoms with E-state index in [2.05, 4.69) is 25.2 Å². The van der Waals surface area contributed by atoms with Gasteiger partial charge < -0.3 is 10.1 Å². The van der Waals surface area contributed by atoms with Crippen LogP contribution >= 0.6 is 11.3 Å². The second kappa shape index (κ2) is 7.80. The van der Waals surface area contributed by atoms with Crippen molar-refractivity contribution in [1.82, 2.24) is 5.32 Å². The number of hydrogen-bond donors (Lipinski definition) is 1. The van der Waals surface area contributed by atoms with Crippen LogP contribution in [0.25, 0.3) is 0 Å². The molecule has 2 atom stereocenters. The number of amides is 1. The molecule has 1 heterocycles. The van der Waals surface area contributed by atoms with Crippen LogP contribution in [-0.4, -0.2) is 12.0 Å². The number of nitrogens with zero attached hydrogens (tertiary/aromatic N) is 1. The fraction of sp³-hybridized carbons (Fsp3) is 0.333. The van der Waals surface area contributed by atoms with Gasteiger partial charge >= 0.3 is 0 Å². The molecule has 2 rings (SSSR count). The summed E-state index contributed by atoms with van der Waals surface area (Å²) in [4.78, 5) is 13.5. The van der Waals surface area contributed by atoms with E-state index < -0.39 is 6.10 Å². The van der Waals surface area contributed by atoms with Crippen molar-refractivity contribution in [3.8, 4) is 11.8 Å². The highest BCUT2D eigenvalue weighted by molar-refractivity contribution is 7.10. The highest BCUT2D eigenvalue weighted by Gasteiger charge is 2.23. The molecule has 5 heteroatoms. The molecule has 0 radical (unpaired) electrons. The molecular formula is C18H20N2O2S. The van der Waals surface area contributed by atoms with Crippen molar-refractivity contribution >= 4 is 17.2 Å². The minimum atomic E-state index is -0.607. The minimum Gasteiger partial charge on any atom is -0.481 e. The van der Waals surface area contributed by atoms with E-state index in [1.807, 2.05) is 17.5 Å². The molecular weight excluding hydrogens is 308 g/mol. The summed E-state index contributed by atoms with van der Waals surface area (Å²) in [5.74, 6) is 0.713. The van der Waals surface area contributed by atoms with Gasteiger partial charge in [0.05, 0.1) is 17.7 Å². The Kier molecular flexibility index (Phi) is 5.78. The number of benzene rings is 1. The molecule has 1 amide bonds. The number of thiophene rings is 1. The molecule has 0 fully saturated rings. The molecule has 1 aromatic carbocycles. The number of nitrogens with one attached hydrogen (secondary N) is 1. The highest BCUT2D eigenvalue weighted by Crippen LogP contribution is 2.26. The standard InChI is InChI=1S/C18H20N2O2S/c1-12(2)17(16-5-4-10-23-16)20-18(21)13(3)22-15-8-6-14(11-19)7-9-15/h4-10,12-13,17H,1-3H3,(H,20,21). The molecule has 0 spiro atoms. The highest BCUT2D eigenvalue weighted by atomic mass is 32.1. The number of rotatable bonds is 6. The van der Waals surface area contributed by atoms with E-state index in [-0.39, 0.29) is 11.9 Å². The van der Waals surface area contributed by atoms with Gasteiger partial charge in [0.25, 0.3) is 5.91 Å². The van der Waals surface area contributed by atoms with Crippen LogP contribution in [-0.2, 0) is 4.79 Å². The van der Waals surface area contributed by atoms with Gasteiger partial charge in [0.1, 0.15) is 5.75 Å². The lowest BCUT2D eigenvalue weighted by Crippen LogP contribution is -2.40. The first-order valence-corrected chi connectivity index (χ1v) is 8.40. The third-order valence-corrected chi connectivity index (χ3v) is 4.44. The third-order valence-electron chi connectivity index (χ3n) is 3.48. The van der Waals surface area contributed by atoms with Gasteiger partial charge in [-0.2, -0.15) is 5.26 Å². The van der Waals surface area contributed by atoms with Crippen LogP contribution in [0.15, 0.2) is 41.8 Å². The van der Waals surface area contributed by atoms with Crippen molar-refractivity contribution in [3.63, 3.8) is 0 Å². The fourth-order valence-electron chi connectivity index (χ4n) is 2.17. The van der Waals surface area contributed by atoms with Crippen LogP contribution in [0.2, 0.25) is 0 Å². The molecule has 23 heavy (non-hydrogen) atoms. The smallest absolute Gasteiger partial charge is 0.261 e. The SMILES string of the molecule is CC(Oc1ccc(C#N)cc1)C(=O)NC(c1cccs1)C(C)C. The molecule has 1 N–H and O–H groups in total. The lowest BCUT2D eigenvalue weighted by molar-refractivity contribution is -0.128. The first kappa shape index (κ1) is 17.0. The molecule has 120 valence electrons. The Bertz CT molecular complexity index is 672. The number of carbonyl (C=O) groups excluding carboxylic acids is 1. The summed E-state index contributed by atoms with van der Waals surface area (Å²) in [5.41, 5.74) is 0.562. The van der Waals surface area contributed by atoms with E-state index >= 15 is 0 Å². The van der Waals surface area contributed by atoms with Gasteiger partial charge in [0, 0.05) is 4.88 Å². The average Bonchev–Trinajstić information content (AvgIpc) is 3.06. The van der Waals surface area contributed by atoms with E-state index in [0.717, 1.165) is 4.88 Å². The van der Waals surface area contributed by atoms with Gasteiger partial charge in [0.2, 0.25) is 0 Å². The van der Waals surface area contributed by atoms with E-state index in [1.165, 1.54) is 0 Å². The predicted octanol–water partition coefficient (Wildman–Crippen LogP) is 3.90. The Balaban J connectivity index is 1.99. The second-order valence-corrected chi connectivity index (χ2v) is 6.62. The maximum absolute atomic E-state index is 12.4. The van der Waals surface area contributed by atoms with Gasteiger partial charge in [-0.05, 0) is 48.6 Å². The van der Waals surface area contributed by atoms with Crippen LogP contribution < -0.4 is 10.1 Å². The van der Waals surface area contributed by atoms with Gasteiger partial charge in [-0.1, -0.05) is 19.9 Å². The zero-order chi connectivity index (χ0) is 16.8. The average molecular weight is 328 g/mol. The molecule has 0 bridgehead atoms. The Labute approximate surface area is 140 Å². The van der Waals surface area contributed by atoms with Crippen LogP contribution in [0.5, 0.6) is 5.75 Å². The summed E-state index contributed by atoms with van der Waals surface area (Å²) >= 11 is 1.63. The summed E-state index contributed by atoms with van der Waals surface area (Å²) < 4.78 is 5.66. The number of ether oxygens (including phenoxy) is 1. The van der Waals surface area contributed by atoms with Gasteiger partial charge in [0.15, 0.2) is 6.10 Å². The van der Waals surface area contributed by atoms with Crippen LogP contribution in [0, 0.1) is 17.2 Å². The van der Waals surface area contributed by atoms with Crippen molar-refractivity contribution in [2.45, 2.75) is 32.9 Å². The summed E-state index contributed by atoms with van der Waals surface area (Å²) in [6, 6.07) is 12.8. The van der Waals surface area contributed by atoms with Crippen molar-refractivity contribution < 1.29 is 9.53 Å². The zero-order valence-corrected chi connectivity index (χ0v) is 14.3. The van der Waals surface area contributed by atoms with Gasteiger partial charge in [-0.15, -0.1) is 11.3 Å². The molecule has 2 unspecified atom stereocenters. The fourth-order valence-corrected chi connectivity index (χ4v) is 3.12. The lowest BCUT2D eigenvalue weighted by atomic mass is 10.0.